The van der Waals surface area contributed by atoms with Crippen molar-refractivity contribution in [1.29, 1.82) is 0 Å². The van der Waals surface area contributed by atoms with Crippen molar-refractivity contribution in [3.05, 3.63) is 16.1 Å². The molecule has 1 aromatic rings. The fraction of sp³-hybridized carbons (Fsp3) is 0.727. The largest absolute Gasteiger partial charge is 0.325 e. The molecule has 0 amide bonds. The van der Waals surface area contributed by atoms with Crippen LogP contribution < -0.4 is 5.73 Å². The topological polar surface area (TPSA) is 38.9 Å². The molecular weight excluding hydrogens is 192 g/mol. The Balaban J connectivity index is 1.64. The van der Waals surface area contributed by atoms with Crippen LogP contribution in [0.25, 0.3) is 0 Å². The van der Waals surface area contributed by atoms with Gasteiger partial charge in [-0.2, -0.15) is 0 Å². The van der Waals surface area contributed by atoms with Crippen LogP contribution in [0.3, 0.4) is 0 Å². The van der Waals surface area contributed by atoms with E-state index in [1.807, 2.05) is 11.3 Å². The van der Waals surface area contributed by atoms with Crippen LogP contribution in [0.5, 0.6) is 0 Å². The molecule has 4 aliphatic carbocycles. The lowest BCUT2D eigenvalue weighted by Gasteiger charge is -2.68. The number of nitrogens with zero attached hydrogens (tertiary/aromatic N) is 1. The minimum absolute atomic E-state index is 0.214. The van der Waals surface area contributed by atoms with Gasteiger partial charge in [-0.05, 0) is 38.0 Å². The Morgan fingerprint density at radius 2 is 2.07 bits per heavy atom. The van der Waals surface area contributed by atoms with Crippen molar-refractivity contribution in [2.24, 2.45) is 5.73 Å². The second-order valence-corrected chi connectivity index (χ2v) is 6.58. The molecule has 14 heavy (non-hydrogen) atoms. The summed E-state index contributed by atoms with van der Waals surface area (Å²) in [4.78, 5) is 6.13. The molecule has 0 unspecified atom stereocenters. The van der Waals surface area contributed by atoms with Crippen LogP contribution in [0.15, 0.2) is 6.20 Å². The maximum absolute atomic E-state index is 6.07. The van der Waals surface area contributed by atoms with Gasteiger partial charge in [-0.25, -0.2) is 4.98 Å². The maximum atomic E-state index is 6.07. The first kappa shape index (κ1) is 7.83. The highest BCUT2D eigenvalue weighted by atomic mass is 32.1. The van der Waals surface area contributed by atoms with Gasteiger partial charge in [0.1, 0.15) is 0 Å². The Morgan fingerprint density at radius 1 is 1.36 bits per heavy atom. The van der Waals surface area contributed by atoms with Crippen molar-refractivity contribution in [2.45, 2.75) is 49.0 Å². The first-order valence-electron chi connectivity index (χ1n) is 5.44. The van der Waals surface area contributed by atoms with E-state index in [-0.39, 0.29) is 5.54 Å². The molecule has 1 aromatic heterocycles. The number of rotatable bonds is 2. The highest BCUT2D eigenvalue weighted by Crippen LogP contribution is 2.67. The summed E-state index contributed by atoms with van der Waals surface area (Å²) < 4.78 is 0. The molecule has 0 aromatic carbocycles. The third-order valence-electron chi connectivity index (χ3n) is 4.03. The van der Waals surface area contributed by atoms with Gasteiger partial charge in [0.2, 0.25) is 0 Å². The zero-order chi connectivity index (χ0) is 9.39. The van der Waals surface area contributed by atoms with E-state index in [1.165, 1.54) is 42.0 Å². The molecule has 3 heteroatoms. The molecule has 2 bridgehead atoms. The standard InChI is InChI=1S/C11H14N2S/c12-11-4-10(5-11,6-11)9-13-3-8(14-9)7-1-2-7/h3,7H,1-2,4-6,12H2. The molecule has 1 heterocycles. The van der Waals surface area contributed by atoms with E-state index in [0.29, 0.717) is 5.41 Å². The fourth-order valence-electron chi connectivity index (χ4n) is 3.18. The molecule has 4 fully saturated rings. The van der Waals surface area contributed by atoms with Crippen molar-refractivity contribution >= 4 is 11.3 Å². The molecule has 0 atom stereocenters. The van der Waals surface area contributed by atoms with Crippen LogP contribution in [0, 0.1) is 0 Å². The van der Waals surface area contributed by atoms with Crippen molar-refractivity contribution in [3.63, 3.8) is 0 Å². The Morgan fingerprint density at radius 3 is 2.64 bits per heavy atom. The Bertz CT molecular complexity index is 385. The Hall–Kier alpha value is -0.410. The smallest absolute Gasteiger partial charge is 0.0991 e. The molecule has 74 valence electrons. The molecule has 4 aliphatic rings. The van der Waals surface area contributed by atoms with Gasteiger partial charge >= 0.3 is 0 Å². The van der Waals surface area contributed by atoms with E-state index >= 15 is 0 Å². The summed E-state index contributed by atoms with van der Waals surface area (Å²) in [6.07, 6.45) is 8.46. The molecule has 4 saturated carbocycles. The van der Waals surface area contributed by atoms with Crippen LogP contribution in [0.2, 0.25) is 0 Å². The van der Waals surface area contributed by atoms with E-state index in [2.05, 4.69) is 11.2 Å². The molecule has 0 spiro atoms. The van der Waals surface area contributed by atoms with Gasteiger partial charge in [0.05, 0.1) is 5.01 Å². The summed E-state index contributed by atoms with van der Waals surface area (Å²) in [5.41, 5.74) is 6.72. The van der Waals surface area contributed by atoms with Gasteiger partial charge in [-0.1, -0.05) is 0 Å². The molecule has 0 saturated heterocycles. The molecule has 5 rings (SSSR count). The summed E-state index contributed by atoms with van der Waals surface area (Å²) in [5.74, 6) is 0.862. The third kappa shape index (κ3) is 0.829. The quantitative estimate of drug-likeness (QED) is 0.805. The average Bonchev–Trinajstić information content (AvgIpc) is 2.78. The fourth-order valence-corrected chi connectivity index (χ4v) is 4.45. The molecule has 2 N–H and O–H groups in total. The Kier molecular flexibility index (Phi) is 1.16. The van der Waals surface area contributed by atoms with E-state index < -0.39 is 0 Å². The van der Waals surface area contributed by atoms with Crippen LogP contribution >= 0.6 is 11.3 Å². The van der Waals surface area contributed by atoms with Gasteiger partial charge in [0.15, 0.2) is 0 Å². The van der Waals surface area contributed by atoms with Crippen LogP contribution in [-0.2, 0) is 5.41 Å². The zero-order valence-electron chi connectivity index (χ0n) is 8.12. The highest BCUT2D eigenvalue weighted by Gasteiger charge is 2.67. The van der Waals surface area contributed by atoms with Crippen LogP contribution in [0.1, 0.15) is 47.9 Å². The van der Waals surface area contributed by atoms with Crippen LogP contribution in [0.4, 0.5) is 0 Å². The van der Waals surface area contributed by atoms with Gasteiger partial charge in [0, 0.05) is 22.0 Å². The predicted molar refractivity (Wildman–Crippen MR) is 56.5 cm³/mol. The van der Waals surface area contributed by atoms with Gasteiger partial charge in [-0.15, -0.1) is 11.3 Å². The molecule has 0 aliphatic heterocycles. The predicted octanol–water partition coefficient (Wildman–Crippen LogP) is 2.15. The number of hydrogen-bond acceptors (Lipinski definition) is 3. The lowest BCUT2D eigenvalue weighted by Crippen LogP contribution is -2.74. The van der Waals surface area contributed by atoms with Crippen LogP contribution in [-0.4, -0.2) is 10.5 Å². The van der Waals surface area contributed by atoms with Gasteiger partial charge in [-0.3, -0.25) is 0 Å². The normalized spacial score (nSPS) is 44.4. The minimum Gasteiger partial charge on any atom is -0.325 e. The van der Waals surface area contributed by atoms with Crippen molar-refractivity contribution in [1.82, 2.24) is 4.98 Å². The van der Waals surface area contributed by atoms with Crippen molar-refractivity contribution in [3.8, 4) is 0 Å². The minimum atomic E-state index is 0.214. The summed E-state index contributed by atoms with van der Waals surface area (Å²) in [6.45, 7) is 0. The summed E-state index contributed by atoms with van der Waals surface area (Å²) in [7, 11) is 0. The average molecular weight is 206 g/mol. The second-order valence-electron chi connectivity index (χ2n) is 5.52. The van der Waals surface area contributed by atoms with E-state index in [1.54, 1.807) is 0 Å². The number of thiazole rings is 1. The SMILES string of the molecule is NC12CC(c3ncc(C4CC4)s3)(C1)C2. The lowest BCUT2D eigenvalue weighted by molar-refractivity contribution is -0.0590. The molecular formula is C11H14N2S. The van der Waals surface area contributed by atoms with E-state index in [0.717, 1.165) is 5.92 Å². The number of aromatic nitrogens is 1. The van der Waals surface area contributed by atoms with Gasteiger partial charge in [0.25, 0.3) is 0 Å². The first-order valence-corrected chi connectivity index (χ1v) is 6.26. The Labute approximate surface area is 87.5 Å². The monoisotopic (exact) mass is 206 g/mol. The second kappa shape index (κ2) is 2.07. The number of nitrogens with two attached hydrogens (primary N) is 1. The maximum Gasteiger partial charge on any atom is 0.0991 e. The molecule has 0 radical (unpaired) electrons. The van der Waals surface area contributed by atoms with Crippen molar-refractivity contribution < 1.29 is 0 Å². The van der Waals surface area contributed by atoms with E-state index in [9.17, 15) is 0 Å². The summed E-state index contributed by atoms with van der Waals surface area (Å²) >= 11 is 1.96. The van der Waals surface area contributed by atoms with E-state index in [4.69, 9.17) is 5.73 Å². The first-order chi connectivity index (χ1) is 6.69. The zero-order valence-corrected chi connectivity index (χ0v) is 8.94. The number of hydrogen-bond donors (Lipinski definition) is 1. The summed E-state index contributed by atoms with van der Waals surface area (Å²) in [6, 6.07) is 0. The third-order valence-corrected chi connectivity index (χ3v) is 5.43. The van der Waals surface area contributed by atoms with Gasteiger partial charge < -0.3 is 5.73 Å². The lowest BCUT2D eigenvalue weighted by atomic mass is 9.40. The van der Waals surface area contributed by atoms with Crippen molar-refractivity contribution in [2.75, 3.05) is 0 Å². The highest BCUT2D eigenvalue weighted by molar-refractivity contribution is 7.11. The summed E-state index contributed by atoms with van der Waals surface area (Å²) in [5, 5.41) is 1.38. The molecule has 2 nitrogen and oxygen atoms in total.